The lowest BCUT2D eigenvalue weighted by Gasteiger charge is -2.21. The fourth-order valence-electron chi connectivity index (χ4n) is 4.00. The molecule has 0 bridgehead atoms. The first-order valence-corrected chi connectivity index (χ1v) is 9.76. The number of halogens is 1. The molecule has 1 aromatic heterocycles. The summed E-state index contributed by atoms with van der Waals surface area (Å²) in [5.74, 6) is 3.22. The Labute approximate surface area is 163 Å². The second-order valence-electron chi connectivity index (χ2n) is 7.60. The van der Waals surface area contributed by atoms with Gasteiger partial charge in [0.2, 0.25) is 6.79 Å². The van der Waals surface area contributed by atoms with Crippen molar-refractivity contribution in [2.45, 2.75) is 33.2 Å². The van der Waals surface area contributed by atoms with E-state index in [-0.39, 0.29) is 0 Å². The van der Waals surface area contributed by atoms with E-state index in [2.05, 4.69) is 42.7 Å². The fourth-order valence-corrected chi connectivity index (χ4v) is 4.12. The maximum Gasteiger partial charge on any atom is 0.231 e. The van der Waals surface area contributed by atoms with E-state index in [1.165, 1.54) is 11.3 Å². The smallest absolute Gasteiger partial charge is 0.231 e. The van der Waals surface area contributed by atoms with Crippen molar-refractivity contribution in [1.29, 1.82) is 0 Å². The van der Waals surface area contributed by atoms with Gasteiger partial charge in [-0.25, -0.2) is 4.98 Å². The largest absolute Gasteiger partial charge is 0.454 e. The minimum atomic E-state index is 0.293. The van der Waals surface area contributed by atoms with E-state index in [1.807, 2.05) is 12.1 Å². The molecule has 27 heavy (non-hydrogen) atoms. The molecule has 0 saturated heterocycles. The molecule has 0 amide bonds. The molecule has 4 nitrogen and oxygen atoms in total. The van der Waals surface area contributed by atoms with Gasteiger partial charge in [-0.1, -0.05) is 37.6 Å². The Bertz CT molecular complexity index is 1020. The van der Waals surface area contributed by atoms with Crippen LogP contribution >= 0.6 is 11.6 Å². The van der Waals surface area contributed by atoms with Crippen LogP contribution in [0.2, 0.25) is 5.02 Å². The lowest BCUT2D eigenvalue weighted by Crippen LogP contribution is -2.14. The summed E-state index contributed by atoms with van der Waals surface area (Å²) in [4.78, 5) is 5.09. The predicted octanol–water partition coefficient (Wildman–Crippen LogP) is 5.35. The Morgan fingerprint density at radius 1 is 1.11 bits per heavy atom. The molecule has 2 aliphatic heterocycles. The van der Waals surface area contributed by atoms with Crippen LogP contribution in [0.5, 0.6) is 11.5 Å². The van der Waals surface area contributed by atoms with Crippen molar-refractivity contribution in [3.63, 3.8) is 0 Å². The third-order valence-electron chi connectivity index (χ3n) is 5.24. The zero-order valence-corrected chi connectivity index (χ0v) is 16.2. The average molecular weight is 381 g/mol. The van der Waals surface area contributed by atoms with E-state index >= 15 is 0 Å². The number of aryl methyl sites for hydroxylation is 1. The molecule has 2 aromatic carbocycles. The molecule has 0 radical (unpaired) electrons. The molecule has 0 spiro atoms. The Balaban J connectivity index is 1.70. The van der Waals surface area contributed by atoms with Crippen LogP contribution in [0.3, 0.4) is 0 Å². The molecule has 5 rings (SSSR count). The molecular weight excluding hydrogens is 360 g/mol. The van der Waals surface area contributed by atoms with Gasteiger partial charge in [-0.15, -0.1) is 0 Å². The first-order valence-electron chi connectivity index (χ1n) is 9.38. The summed E-state index contributed by atoms with van der Waals surface area (Å²) in [5.41, 5.74) is 5.89. The van der Waals surface area contributed by atoms with Crippen LogP contribution in [-0.4, -0.2) is 16.3 Å². The van der Waals surface area contributed by atoms with Crippen LogP contribution in [-0.2, 0) is 19.4 Å². The number of imidazole rings is 1. The molecule has 0 N–H and O–H groups in total. The van der Waals surface area contributed by atoms with Crippen molar-refractivity contribution in [2.75, 3.05) is 6.79 Å². The van der Waals surface area contributed by atoms with Gasteiger partial charge in [-0.2, -0.15) is 0 Å². The van der Waals surface area contributed by atoms with Gasteiger partial charge in [-0.3, -0.25) is 0 Å². The number of hydrogen-bond acceptors (Lipinski definition) is 3. The van der Waals surface area contributed by atoms with Gasteiger partial charge in [0, 0.05) is 28.4 Å². The van der Waals surface area contributed by atoms with E-state index in [0.717, 1.165) is 58.6 Å². The lowest BCUT2D eigenvalue weighted by molar-refractivity contribution is 0.174. The second kappa shape index (κ2) is 6.31. The van der Waals surface area contributed by atoms with Crippen LogP contribution in [0, 0.1) is 5.92 Å². The summed E-state index contributed by atoms with van der Waals surface area (Å²) in [7, 11) is 0. The summed E-state index contributed by atoms with van der Waals surface area (Å²) in [5, 5.41) is 0.742. The topological polar surface area (TPSA) is 36.3 Å². The van der Waals surface area contributed by atoms with Crippen molar-refractivity contribution < 1.29 is 9.47 Å². The number of benzene rings is 2. The number of fused-ring (bicyclic) bond motifs is 4. The summed E-state index contributed by atoms with van der Waals surface area (Å²) in [6, 6.07) is 12.2. The highest BCUT2D eigenvalue weighted by Gasteiger charge is 2.27. The van der Waals surface area contributed by atoms with Crippen LogP contribution in [0.4, 0.5) is 0 Å². The predicted molar refractivity (Wildman–Crippen MR) is 106 cm³/mol. The number of aromatic nitrogens is 2. The van der Waals surface area contributed by atoms with Gasteiger partial charge in [0.25, 0.3) is 0 Å². The maximum absolute atomic E-state index is 6.09. The molecule has 2 aliphatic rings. The average Bonchev–Trinajstić information content (AvgIpc) is 3.24. The Kier molecular flexibility index (Phi) is 3.90. The molecule has 0 unspecified atom stereocenters. The normalized spacial score (nSPS) is 14.4. The third-order valence-corrected chi connectivity index (χ3v) is 5.49. The Hall–Kier alpha value is -2.46. The highest BCUT2D eigenvalue weighted by Crippen LogP contribution is 2.42. The van der Waals surface area contributed by atoms with Gasteiger partial charge in [-0.05, 0) is 48.6 Å². The first-order chi connectivity index (χ1) is 13.1. The van der Waals surface area contributed by atoms with Crippen LogP contribution in [0.15, 0.2) is 36.4 Å². The first kappa shape index (κ1) is 16.7. The van der Waals surface area contributed by atoms with Gasteiger partial charge >= 0.3 is 0 Å². The zero-order chi connectivity index (χ0) is 18.5. The molecular formula is C22H21ClN2O2. The SMILES string of the molecule is CC(C)Cc1c(-c2ccc(Cl)cc2)nc2n1CCc1cc3c(cc1-2)OCO3. The van der Waals surface area contributed by atoms with Gasteiger partial charge in [0.1, 0.15) is 5.82 Å². The molecule has 0 fully saturated rings. The molecule has 5 heteroatoms. The summed E-state index contributed by atoms with van der Waals surface area (Å²) < 4.78 is 13.5. The summed E-state index contributed by atoms with van der Waals surface area (Å²) >= 11 is 6.09. The van der Waals surface area contributed by atoms with E-state index in [0.29, 0.717) is 12.7 Å². The van der Waals surface area contributed by atoms with Gasteiger partial charge < -0.3 is 14.0 Å². The van der Waals surface area contributed by atoms with Crippen molar-refractivity contribution in [3.8, 4) is 34.1 Å². The van der Waals surface area contributed by atoms with Crippen LogP contribution in [0.1, 0.15) is 25.1 Å². The highest BCUT2D eigenvalue weighted by molar-refractivity contribution is 6.30. The van der Waals surface area contributed by atoms with Gasteiger partial charge in [0.05, 0.1) is 5.69 Å². The Morgan fingerprint density at radius 2 is 1.85 bits per heavy atom. The second-order valence-corrected chi connectivity index (χ2v) is 8.04. The van der Waals surface area contributed by atoms with E-state index in [4.69, 9.17) is 26.1 Å². The molecule has 0 saturated carbocycles. The number of hydrogen-bond donors (Lipinski definition) is 0. The van der Waals surface area contributed by atoms with Crippen molar-refractivity contribution >= 4 is 11.6 Å². The summed E-state index contributed by atoms with van der Waals surface area (Å²) in [6.45, 7) is 5.73. The van der Waals surface area contributed by atoms with Crippen molar-refractivity contribution in [3.05, 3.63) is 52.7 Å². The van der Waals surface area contributed by atoms with Crippen LogP contribution < -0.4 is 9.47 Å². The minimum absolute atomic E-state index is 0.293. The molecule has 0 atom stereocenters. The minimum Gasteiger partial charge on any atom is -0.454 e. The third kappa shape index (κ3) is 2.79. The Morgan fingerprint density at radius 3 is 2.59 bits per heavy atom. The maximum atomic E-state index is 6.09. The fraction of sp³-hybridized carbons (Fsp3) is 0.318. The number of nitrogens with zero attached hydrogens (tertiary/aromatic N) is 2. The van der Waals surface area contributed by atoms with Crippen molar-refractivity contribution in [2.24, 2.45) is 5.92 Å². The van der Waals surface area contributed by atoms with E-state index < -0.39 is 0 Å². The summed E-state index contributed by atoms with van der Waals surface area (Å²) in [6.07, 6.45) is 1.96. The number of ether oxygens (including phenoxy) is 2. The molecule has 0 aliphatic carbocycles. The standard InChI is InChI=1S/C22H21ClN2O2/c1-13(2)9-18-21(14-3-5-16(23)6-4-14)24-22-17-11-20-19(26-12-27-20)10-15(17)7-8-25(18)22/h3-6,10-11,13H,7-9,12H2,1-2H3. The zero-order valence-electron chi connectivity index (χ0n) is 15.5. The molecule has 3 heterocycles. The molecule has 3 aromatic rings. The van der Waals surface area contributed by atoms with E-state index in [9.17, 15) is 0 Å². The quantitative estimate of drug-likeness (QED) is 0.614. The number of rotatable bonds is 3. The lowest BCUT2D eigenvalue weighted by atomic mass is 9.99. The van der Waals surface area contributed by atoms with Crippen molar-refractivity contribution in [1.82, 2.24) is 9.55 Å². The van der Waals surface area contributed by atoms with Crippen LogP contribution in [0.25, 0.3) is 22.6 Å². The van der Waals surface area contributed by atoms with Gasteiger partial charge in [0.15, 0.2) is 11.5 Å². The monoisotopic (exact) mass is 380 g/mol. The highest BCUT2D eigenvalue weighted by atomic mass is 35.5. The van der Waals surface area contributed by atoms with E-state index in [1.54, 1.807) is 0 Å². The molecule has 138 valence electrons.